The van der Waals surface area contributed by atoms with Gasteiger partial charge in [-0.1, -0.05) is 11.6 Å². The first-order valence-corrected chi connectivity index (χ1v) is 8.35. The second kappa shape index (κ2) is 6.28. The lowest BCUT2D eigenvalue weighted by Gasteiger charge is -2.15. The van der Waals surface area contributed by atoms with Gasteiger partial charge in [0.1, 0.15) is 4.90 Å². The highest BCUT2D eigenvalue weighted by molar-refractivity contribution is 7.89. The Kier molecular flexibility index (Phi) is 4.67. The van der Waals surface area contributed by atoms with Crippen LogP contribution in [0, 0.1) is 0 Å². The van der Waals surface area contributed by atoms with Crippen molar-refractivity contribution in [2.24, 2.45) is 5.14 Å². The maximum atomic E-state index is 11.5. The molecule has 1 aromatic carbocycles. The smallest absolute Gasteiger partial charge is 0.240 e. The molecule has 0 aromatic heterocycles. The Bertz CT molecular complexity index is 609. The van der Waals surface area contributed by atoms with Crippen molar-refractivity contribution < 1.29 is 8.42 Å². The summed E-state index contributed by atoms with van der Waals surface area (Å²) in [5.74, 6) is 0. The fourth-order valence-electron chi connectivity index (χ4n) is 2.41. The van der Waals surface area contributed by atoms with Crippen molar-refractivity contribution in [2.45, 2.75) is 37.0 Å². The highest BCUT2D eigenvalue weighted by Gasteiger charge is 2.14. The predicted molar refractivity (Wildman–Crippen MR) is 81.9 cm³/mol. The monoisotopic (exact) mass is 295 g/mol. The van der Waals surface area contributed by atoms with Crippen LogP contribution in [0.15, 0.2) is 34.7 Å². The van der Waals surface area contributed by atoms with E-state index in [1.165, 1.54) is 24.5 Å². The zero-order chi connectivity index (χ0) is 14.6. The Hall–Kier alpha value is -1.53. The molecule has 0 atom stereocenters. The minimum atomic E-state index is -3.77. The lowest BCUT2D eigenvalue weighted by molar-refractivity contribution is 0.598. The van der Waals surface area contributed by atoms with Crippen molar-refractivity contribution >= 4 is 21.4 Å². The number of benzene rings is 1. The normalized spacial score (nSPS) is 15.8. The molecule has 20 heavy (non-hydrogen) atoms. The third kappa shape index (κ3) is 3.98. The molecule has 110 valence electrons. The maximum Gasteiger partial charge on any atom is 0.240 e. The van der Waals surface area contributed by atoms with Crippen molar-refractivity contribution in [3.8, 4) is 0 Å². The molecule has 1 aromatic rings. The maximum absolute atomic E-state index is 11.5. The van der Waals surface area contributed by atoms with E-state index >= 15 is 0 Å². The Labute approximate surface area is 120 Å². The summed E-state index contributed by atoms with van der Waals surface area (Å²) in [6.07, 6.45) is 8.02. The van der Waals surface area contributed by atoms with E-state index < -0.39 is 10.0 Å². The van der Waals surface area contributed by atoms with Crippen molar-refractivity contribution in [1.82, 2.24) is 0 Å². The number of primary sulfonamides is 1. The molecule has 1 aliphatic rings. The Morgan fingerprint density at radius 1 is 1.25 bits per heavy atom. The molecule has 0 saturated carbocycles. The van der Waals surface area contributed by atoms with Gasteiger partial charge in [0.15, 0.2) is 0 Å². The molecule has 0 saturated heterocycles. The van der Waals surface area contributed by atoms with Gasteiger partial charge in [-0.15, -0.1) is 0 Å². The van der Waals surface area contributed by atoms with Gasteiger partial charge in [0.2, 0.25) is 10.0 Å². The molecule has 5 N–H and O–H groups in total. The minimum absolute atomic E-state index is 0.0510. The molecule has 0 radical (unpaired) electrons. The Morgan fingerprint density at radius 3 is 2.70 bits per heavy atom. The first-order chi connectivity index (χ1) is 9.47. The lowest BCUT2D eigenvalue weighted by atomic mass is 9.97. The lowest BCUT2D eigenvalue weighted by Crippen LogP contribution is -2.16. The second-order valence-electron chi connectivity index (χ2n) is 5.09. The second-order valence-corrected chi connectivity index (χ2v) is 6.62. The van der Waals surface area contributed by atoms with E-state index in [-0.39, 0.29) is 4.90 Å². The van der Waals surface area contributed by atoms with Crippen LogP contribution in [0.2, 0.25) is 0 Å². The average molecular weight is 295 g/mol. The molecule has 0 bridgehead atoms. The summed E-state index contributed by atoms with van der Waals surface area (Å²) in [7, 11) is -3.77. The standard InChI is InChI=1S/C14H21N3O2S/c15-12-6-7-13(14(10-12)20(16,18)19)17-9-8-11-4-2-1-3-5-11/h4,6-7,10,17H,1-3,5,8-9,15H2,(H2,16,18,19). The third-order valence-corrected chi connectivity index (χ3v) is 4.41. The number of nitrogen functional groups attached to an aromatic ring is 1. The third-order valence-electron chi connectivity index (χ3n) is 3.46. The predicted octanol–water partition coefficient (Wildman–Crippen LogP) is 2.22. The van der Waals surface area contributed by atoms with Crippen LogP contribution in [0.4, 0.5) is 11.4 Å². The van der Waals surface area contributed by atoms with Gasteiger partial charge in [-0.05, 0) is 50.3 Å². The van der Waals surface area contributed by atoms with Crippen molar-refractivity contribution in [3.63, 3.8) is 0 Å². The number of anilines is 2. The average Bonchev–Trinajstić information content (AvgIpc) is 2.40. The molecule has 0 unspecified atom stereocenters. The summed E-state index contributed by atoms with van der Waals surface area (Å²) in [5.41, 5.74) is 7.95. The van der Waals surface area contributed by atoms with Gasteiger partial charge < -0.3 is 11.1 Å². The molecular formula is C14H21N3O2S. The van der Waals surface area contributed by atoms with Crippen LogP contribution in [0.1, 0.15) is 32.1 Å². The molecule has 6 heteroatoms. The highest BCUT2D eigenvalue weighted by Crippen LogP contribution is 2.24. The van der Waals surface area contributed by atoms with Crippen LogP contribution in [0.3, 0.4) is 0 Å². The van der Waals surface area contributed by atoms with E-state index in [0.717, 1.165) is 19.3 Å². The van der Waals surface area contributed by atoms with Crippen LogP contribution in [-0.4, -0.2) is 15.0 Å². The molecule has 0 fully saturated rings. The first-order valence-electron chi connectivity index (χ1n) is 6.81. The van der Waals surface area contributed by atoms with Gasteiger partial charge >= 0.3 is 0 Å². The van der Waals surface area contributed by atoms with Crippen molar-refractivity contribution in [1.29, 1.82) is 0 Å². The van der Waals surface area contributed by atoms with E-state index in [0.29, 0.717) is 17.9 Å². The molecule has 1 aliphatic carbocycles. The molecule has 0 amide bonds. The zero-order valence-corrected chi connectivity index (χ0v) is 12.2. The van der Waals surface area contributed by atoms with Crippen molar-refractivity contribution in [2.75, 3.05) is 17.6 Å². The van der Waals surface area contributed by atoms with Crippen LogP contribution in [-0.2, 0) is 10.0 Å². The fraction of sp³-hybridized carbons (Fsp3) is 0.429. The number of nitrogens with one attached hydrogen (secondary N) is 1. The summed E-state index contributed by atoms with van der Waals surface area (Å²) >= 11 is 0. The number of sulfonamides is 1. The van der Waals surface area contributed by atoms with Crippen LogP contribution in [0.5, 0.6) is 0 Å². The fourth-order valence-corrected chi connectivity index (χ4v) is 3.16. The van der Waals surface area contributed by atoms with Gasteiger partial charge in [-0.25, -0.2) is 13.6 Å². The van der Waals surface area contributed by atoms with Crippen LogP contribution < -0.4 is 16.2 Å². The Balaban J connectivity index is 2.04. The van der Waals surface area contributed by atoms with Gasteiger partial charge in [-0.3, -0.25) is 0 Å². The summed E-state index contributed by atoms with van der Waals surface area (Å²) in [6.45, 7) is 0.693. The van der Waals surface area contributed by atoms with E-state index in [4.69, 9.17) is 10.9 Å². The molecule has 0 spiro atoms. The van der Waals surface area contributed by atoms with E-state index in [1.807, 2.05) is 0 Å². The van der Waals surface area contributed by atoms with E-state index in [2.05, 4.69) is 11.4 Å². The summed E-state index contributed by atoms with van der Waals surface area (Å²) in [4.78, 5) is 0.0510. The quantitative estimate of drug-likeness (QED) is 0.573. The van der Waals surface area contributed by atoms with Gasteiger partial charge in [-0.2, -0.15) is 0 Å². The molecule has 0 aliphatic heterocycles. The summed E-state index contributed by atoms with van der Waals surface area (Å²) in [5, 5.41) is 8.35. The van der Waals surface area contributed by atoms with Crippen LogP contribution >= 0.6 is 0 Å². The summed E-state index contributed by atoms with van der Waals surface area (Å²) < 4.78 is 23.1. The Morgan fingerprint density at radius 2 is 2.05 bits per heavy atom. The topological polar surface area (TPSA) is 98.2 Å². The number of rotatable bonds is 5. The SMILES string of the molecule is Nc1ccc(NCCC2=CCCCC2)c(S(N)(=O)=O)c1. The number of hydrogen-bond acceptors (Lipinski definition) is 4. The number of allylic oxidation sites excluding steroid dienone is 1. The molecular weight excluding hydrogens is 274 g/mol. The van der Waals surface area contributed by atoms with Crippen molar-refractivity contribution in [3.05, 3.63) is 29.8 Å². The number of nitrogens with two attached hydrogens (primary N) is 2. The zero-order valence-electron chi connectivity index (χ0n) is 11.4. The van der Waals surface area contributed by atoms with Gasteiger partial charge in [0.05, 0.1) is 5.69 Å². The highest BCUT2D eigenvalue weighted by atomic mass is 32.2. The van der Waals surface area contributed by atoms with E-state index in [1.54, 1.807) is 12.1 Å². The van der Waals surface area contributed by atoms with Gasteiger partial charge in [0, 0.05) is 12.2 Å². The first kappa shape index (κ1) is 14.9. The van der Waals surface area contributed by atoms with Gasteiger partial charge in [0.25, 0.3) is 0 Å². The molecule has 0 heterocycles. The summed E-state index contributed by atoms with van der Waals surface area (Å²) in [6, 6.07) is 4.71. The van der Waals surface area contributed by atoms with E-state index in [9.17, 15) is 8.42 Å². The van der Waals surface area contributed by atoms with Crippen LogP contribution in [0.25, 0.3) is 0 Å². The molecule has 2 rings (SSSR count). The minimum Gasteiger partial charge on any atom is -0.399 e. The number of hydrogen-bond donors (Lipinski definition) is 3. The largest absolute Gasteiger partial charge is 0.399 e. The molecule has 5 nitrogen and oxygen atoms in total.